The number of hydrogen-bond donors (Lipinski definition) is 2. The standard InChI is InChI=1S/C27H28ClFN2O4/c28-17-10-11-21-23(15-17)31(25(33)16-4-1-5-18(29)14-16)22-9-3-8-20(22)24(21)27(12-13-32,26(34)35)30-19-6-2-7-19/h1,4-5,10-11,13-15,19-20,22,24,30H,2-3,6-9,12H2,(H,34,35). The highest BCUT2D eigenvalue weighted by Crippen LogP contribution is 2.54. The molecule has 0 spiro atoms. The lowest BCUT2D eigenvalue weighted by Crippen LogP contribution is -2.65. The SMILES string of the molecule is O=CCC(NC1CCC1)(C(=O)O)C1c2ccc(Cl)cc2N(C(=O)c2cccc(F)c2)C2CCCC21. The molecule has 1 amide bonds. The van der Waals surface area contributed by atoms with Crippen LogP contribution < -0.4 is 10.2 Å². The van der Waals surface area contributed by atoms with E-state index in [4.69, 9.17) is 11.6 Å². The number of carboxylic acids is 1. The van der Waals surface area contributed by atoms with Gasteiger partial charge in [-0.25, -0.2) is 4.39 Å². The number of nitrogens with one attached hydrogen (secondary N) is 1. The number of aliphatic carboxylic acids is 1. The minimum atomic E-state index is -1.49. The molecular formula is C27H28ClFN2O4. The average molecular weight is 499 g/mol. The van der Waals surface area contributed by atoms with Gasteiger partial charge in [-0.2, -0.15) is 0 Å². The largest absolute Gasteiger partial charge is 0.480 e. The fourth-order valence-electron chi connectivity index (χ4n) is 6.33. The van der Waals surface area contributed by atoms with Crippen LogP contribution in [0.25, 0.3) is 0 Å². The Balaban J connectivity index is 1.68. The topological polar surface area (TPSA) is 86.7 Å². The molecule has 0 aromatic heterocycles. The monoisotopic (exact) mass is 498 g/mol. The number of anilines is 1. The van der Waals surface area contributed by atoms with Gasteiger partial charge in [0.1, 0.15) is 17.6 Å². The zero-order valence-electron chi connectivity index (χ0n) is 19.3. The lowest BCUT2D eigenvalue weighted by atomic mass is 9.65. The Labute approximate surface area is 208 Å². The number of hydrogen-bond acceptors (Lipinski definition) is 4. The highest BCUT2D eigenvalue weighted by atomic mass is 35.5. The number of carboxylic acid groups (broad SMARTS) is 1. The van der Waals surface area contributed by atoms with E-state index >= 15 is 0 Å². The Kier molecular flexibility index (Phi) is 6.40. The van der Waals surface area contributed by atoms with Gasteiger partial charge in [0.2, 0.25) is 0 Å². The van der Waals surface area contributed by atoms with Gasteiger partial charge in [-0.1, -0.05) is 36.6 Å². The van der Waals surface area contributed by atoms with Gasteiger partial charge >= 0.3 is 5.97 Å². The van der Waals surface area contributed by atoms with Crippen LogP contribution in [-0.2, 0) is 9.59 Å². The number of aldehydes is 1. The summed E-state index contributed by atoms with van der Waals surface area (Å²) in [7, 11) is 0. The zero-order valence-corrected chi connectivity index (χ0v) is 20.0. The quantitative estimate of drug-likeness (QED) is 0.528. The molecule has 35 heavy (non-hydrogen) atoms. The molecule has 1 aliphatic heterocycles. The Morgan fingerprint density at radius 2 is 1.91 bits per heavy atom. The summed E-state index contributed by atoms with van der Waals surface area (Å²) in [5.74, 6) is -2.60. The summed E-state index contributed by atoms with van der Waals surface area (Å²) in [6.07, 6.45) is 5.50. The highest BCUT2D eigenvalue weighted by molar-refractivity contribution is 6.31. The number of rotatable bonds is 7. The number of fused-ring (bicyclic) bond motifs is 2. The molecular weight excluding hydrogens is 471 g/mol. The minimum absolute atomic E-state index is 0.0357. The van der Waals surface area contributed by atoms with Gasteiger partial charge < -0.3 is 14.8 Å². The van der Waals surface area contributed by atoms with Crippen LogP contribution in [0.1, 0.15) is 66.8 Å². The van der Waals surface area contributed by atoms with Crippen LogP contribution in [0.3, 0.4) is 0 Å². The van der Waals surface area contributed by atoms with Crippen molar-refractivity contribution >= 4 is 35.5 Å². The highest BCUT2D eigenvalue weighted by Gasteiger charge is 2.57. The molecule has 2 N–H and O–H groups in total. The number of carbonyl (C=O) groups excluding carboxylic acids is 2. The maximum absolute atomic E-state index is 14.0. The number of benzene rings is 2. The molecule has 0 saturated heterocycles. The lowest BCUT2D eigenvalue weighted by Gasteiger charge is -2.51. The van der Waals surface area contributed by atoms with Gasteiger partial charge in [0.05, 0.1) is 0 Å². The van der Waals surface area contributed by atoms with Gasteiger partial charge in [-0.05, 0) is 67.5 Å². The van der Waals surface area contributed by atoms with E-state index in [-0.39, 0.29) is 35.9 Å². The van der Waals surface area contributed by atoms with Crippen molar-refractivity contribution in [1.82, 2.24) is 5.32 Å². The van der Waals surface area contributed by atoms with Crippen molar-refractivity contribution in [2.24, 2.45) is 5.92 Å². The average Bonchev–Trinajstić information content (AvgIpc) is 3.27. The van der Waals surface area contributed by atoms with Crippen LogP contribution in [0.15, 0.2) is 42.5 Å². The molecule has 4 unspecified atom stereocenters. The first-order chi connectivity index (χ1) is 16.9. The van der Waals surface area contributed by atoms with E-state index in [1.165, 1.54) is 18.2 Å². The number of amides is 1. The fourth-order valence-corrected chi connectivity index (χ4v) is 6.50. The van der Waals surface area contributed by atoms with Crippen molar-refractivity contribution in [2.45, 2.75) is 68.5 Å². The molecule has 6 nitrogen and oxygen atoms in total. The van der Waals surface area contributed by atoms with E-state index in [0.29, 0.717) is 29.0 Å². The third kappa shape index (κ3) is 4.04. The molecule has 0 bridgehead atoms. The maximum Gasteiger partial charge on any atom is 0.325 e. The molecule has 3 aliphatic rings. The number of halogens is 2. The Morgan fingerprint density at radius 1 is 1.14 bits per heavy atom. The van der Waals surface area contributed by atoms with E-state index in [9.17, 15) is 23.9 Å². The maximum atomic E-state index is 14.0. The van der Waals surface area contributed by atoms with Crippen molar-refractivity contribution in [1.29, 1.82) is 0 Å². The first-order valence-corrected chi connectivity index (χ1v) is 12.6. The third-order valence-corrected chi connectivity index (χ3v) is 8.29. The van der Waals surface area contributed by atoms with Crippen molar-refractivity contribution in [3.05, 3.63) is 64.4 Å². The van der Waals surface area contributed by atoms with Crippen LogP contribution in [0.2, 0.25) is 5.02 Å². The van der Waals surface area contributed by atoms with Crippen LogP contribution in [0, 0.1) is 11.7 Å². The molecule has 184 valence electrons. The van der Waals surface area contributed by atoms with E-state index in [1.54, 1.807) is 29.2 Å². The van der Waals surface area contributed by atoms with Gasteiger partial charge in [0, 0.05) is 40.7 Å². The van der Waals surface area contributed by atoms with Gasteiger partial charge in [-0.15, -0.1) is 0 Å². The summed E-state index contributed by atoms with van der Waals surface area (Å²) < 4.78 is 14.0. The Hall–Kier alpha value is -2.77. The van der Waals surface area contributed by atoms with Crippen LogP contribution >= 0.6 is 11.6 Å². The zero-order chi connectivity index (χ0) is 24.7. The van der Waals surface area contributed by atoms with Crippen molar-refractivity contribution in [2.75, 3.05) is 4.90 Å². The van der Waals surface area contributed by atoms with Crippen molar-refractivity contribution < 1.29 is 23.9 Å². The van der Waals surface area contributed by atoms with Crippen LogP contribution in [-0.4, -0.2) is 40.9 Å². The molecule has 4 atom stereocenters. The normalized spacial score (nSPS) is 25.2. The number of carbonyl (C=O) groups is 3. The summed E-state index contributed by atoms with van der Waals surface area (Å²) in [5, 5.41) is 14.4. The van der Waals surface area contributed by atoms with Gasteiger partial charge in [0.15, 0.2) is 0 Å². The van der Waals surface area contributed by atoms with Gasteiger partial charge in [-0.3, -0.25) is 14.9 Å². The second-order valence-corrected chi connectivity index (χ2v) is 10.4. The van der Waals surface area contributed by atoms with Crippen LogP contribution in [0.5, 0.6) is 0 Å². The minimum Gasteiger partial charge on any atom is -0.480 e. The molecule has 2 fully saturated rings. The second kappa shape index (κ2) is 9.36. The predicted molar refractivity (Wildman–Crippen MR) is 130 cm³/mol. The molecule has 2 aromatic carbocycles. The smallest absolute Gasteiger partial charge is 0.325 e. The first kappa shape index (κ1) is 23.9. The molecule has 2 aromatic rings. The molecule has 5 rings (SSSR count). The molecule has 2 aliphatic carbocycles. The molecule has 8 heteroatoms. The summed E-state index contributed by atoms with van der Waals surface area (Å²) >= 11 is 6.38. The summed E-state index contributed by atoms with van der Waals surface area (Å²) in [6.45, 7) is 0. The Bertz CT molecular complexity index is 1170. The fraction of sp³-hybridized carbons (Fsp3) is 0.444. The summed E-state index contributed by atoms with van der Waals surface area (Å²) in [6, 6.07) is 10.5. The summed E-state index contributed by atoms with van der Waals surface area (Å²) in [4.78, 5) is 40.3. The Morgan fingerprint density at radius 3 is 2.57 bits per heavy atom. The first-order valence-electron chi connectivity index (χ1n) is 12.2. The van der Waals surface area contributed by atoms with Crippen molar-refractivity contribution in [3.8, 4) is 0 Å². The summed E-state index contributed by atoms with van der Waals surface area (Å²) in [5.41, 5.74) is -0.0494. The van der Waals surface area contributed by atoms with E-state index in [2.05, 4.69) is 5.32 Å². The van der Waals surface area contributed by atoms with E-state index in [0.717, 1.165) is 32.1 Å². The van der Waals surface area contributed by atoms with Crippen molar-refractivity contribution in [3.63, 3.8) is 0 Å². The third-order valence-electron chi connectivity index (χ3n) is 8.05. The predicted octanol–water partition coefficient (Wildman–Crippen LogP) is 4.95. The van der Waals surface area contributed by atoms with Crippen LogP contribution in [0.4, 0.5) is 10.1 Å². The number of nitrogens with zero attached hydrogens (tertiary/aromatic N) is 1. The second-order valence-electron chi connectivity index (χ2n) is 9.95. The molecule has 1 heterocycles. The lowest BCUT2D eigenvalue weighted by molar-refractivity contribution is -0.149. The molecule has 2 saturated carbocycles. The molecule has 0 radical (unpaired) electrons. The van der Waals surface area contributed by atoms with Gasteiger partial charge in [0.25, 0.3) is 5.91 Å². The van der Waals surface area contributed by atoms with E-state index in [1.807, 2.05) is 0 Å². The van der Waals surface area contributed by atoms with E-state index < -0.39 is 23.2 Å².